The lowest BCUT2D eigenvalue weighted by Crippen LogP contribution is -2.43. The van der Waals surface area contributed by atoms with Gasteiger partial charge in [0.05, 0.1) is 0 Å². The molecule has 1 aliphatic heterocycles. The molecule has 0 saturated carbocycles. The average molecular weight is 290 g/mol. The van der Waals surface area contributed by atoms with Crippen molar-refractivity contribution in [3.05, 3.63) is 0 Å². The van der Waals surface area contributed by atoms with Gasteiger partial charge in [-0.2, -0.15) is 23.5 Å². The average Bonchev–Trinajstić information content (AvgIpc) is 2.31. The number of hydrogen-bond donors (Lipinski definition) is 1. The molecule has 0 amide bonds. The summed E-state index contributed by atoms with van der Waals surface area (Å²) in [5, 5.41) is 6.17. The summed E-state index contributed by atoms with van der Waals surface area (Å²) in [5.41, 5.74) is 0. The van der Waals surface area contributed by atoms with Crippen LogP contribution in [0.5, 0.6) is 0 Å². The summed E-state index contributed by atoms with van der Waals surface area (Å²) in [6.45, 7) is 12.8. The molecule has 1 aliphatic rings. The number of rotatable bonds is 7. The summed E-state index contributed by atoms with van der Waals surface area (Å²) in [5.74, 6) is 2.18. The van der Waals surface area contributed by atoms with Crippen molar-refractivity contribution in [2.24, 2.45) is 5.92 Å². The molecule has 1 N–H and O–H groups in total. The van der Waals surface area contributed by atoms with Crippen molar-refractivity contribution in [2.45, 2.75) is 75.7 Å². The number of hydrogen-bond acceptors (Lipinski definition) is 3. The normalized spacial score (nSPS) is 30.7. The van der Waals surface area contributed by atoms with Gasteiger partial charge in [-0.1, -0.05) is 47.5 Å². The van der Waals surface area contributed by atoms with Gasteiger partial charge >= 0.3 is 0 Å². The zero-order valence-corrected chi connectivity index (χ0v) is 14.4. The van der Waals surface area contributed by atoms with Crippen molar-refractivity contribution in [1.29, 1.82) is 0 Å². The van der Waals surface area contributed by atoms with Gasteiger partial charge in [0.2, 0.25) is 0 Å². The Labute approximate surface area is 123 Å². The Morgan fingerprint density at radius 2 is 1.89 bits per heavy atom. The molecule has 0 radical (unpaired) electrons. The minimum absolute atomic E-state index is 0.723. The largest absolute Gasteiger partial charge is 0.313 e. The van der Waals surface area contributed by atoms with Crippen LogP contribution in [0.15, 0.2) is 0 Å². The van der Waals surface area contributed by atoms with E-state index in [1.807, 2.05) is 0 Å². The van der Waals surface area contributed by atoms with Crippen LogP contribution in [0.1, 0.15) is 53.9 Å². The molecule has 0 aromatic rings. The van der Waals surface area contributed by atoms with Gasteiger partial charge in [-0.05, 0) is 18.9 Å². The predicted octanol–water partition coefficient (Wildman–Crippen LogP) is 4.42. The van der Waals surface area contributed by atoms with Crippen LogP contribution >= 0.6 is 23.5 Å². The fourth-order valence-electron chi connectivity index (χ4n) is 2.45. The number of nitrogens with one attached hydrogen (secondary N) is 1. The van der Waals surface area contributed by atoms with Crippen LogP contribution < -0.4 is 5.32 Å². The lowest BCUT2D eigenvalue weighted by Gasteiger charge is -2.36. The van der Waals surface area contributed by atoms with Gasteiger partial charge in [0.1, 0.15) is 0 Å². The molecule has 3 heteroatoms. The topological polar surface area (TPSA) is 12.0 Å². The molecule has 1 saturated heterocycles. The van der Waals surface area contributed by atoms with E-state index in [0.717, 1.165) is 34.3 Å². The first-order chi connectivity index (χ1) is 8.54. The third-order valence-electron chi connectivity index (χ3n) is 3.79. The van der Waals surface area contributed by atoms with Crippen LogP contribution in [0, 0.1) is 5.92 Å². The van der Waals surface area contributed by atoms with Gasteiger partial charge in [-0.15, -0.1) is 0 Å². The van der Waals surface area contributed by atoms with Crippen molar-refractivity contribution in [3.8, 4) is 0 Å². The highest BCUT2D eigenvalue weighted by Gasteiger charge is 2.30. The molecule has 4 atom stereocenters. The highest BCUT2D eigenvalue weighted by molar-refractivity contribution is 8.07. The van der Waals surface area contributed by atoms with E-state index < -0.39 is 0 Å². The molecule has 0 spiro atoms. The molecule has 1 nitrogen and oxygen atoms in total. The van der Waals surface area contributed by atoms with Crippen molar-refractivity contribution >= 4 is 23.5 Å². The third kappa shape index (κ3) is 5.75. The maximum absolute atomic E-state index is 3.73. The first-order valence-corrected chi connectivity index (χ1v) is 9.54. The second-order valence-corrected chi connectivity index (χ2v) is 8.94. The molecular weight excluding hydrogens is 258 g/mol. The van der Waals surface area contributed by atoms with E-state index in [2.05, 4.69) is 63.5 Å². The Morgan fingerprint density at radius 3 is 2.44 bits per heavy atom. The molecular formula is C15H31NS2. The summed E-state index contributed by atoms with van der Waals surface area (Å²) in [7, 11) is 0. The van der Waals surface area contributed by atoms with E-state index in [9.17, 15) is 0 Å². The monoisotopic (exact) mass is 289 g/mol. The third-order valence-corrected chi connectivity index (χ3v) is 7.34. The van der Waals surface area contributed by atoms with E-state index in [4.69, 9.17) is 0 Å². The second-order valence-electron chi connectivity index (χ2n) is 5.91. The fourth-order valence-corrected chi connectivity index (χ4v) is 5.62. The molecule has 18 heavy (non-hydrogen) atoms. The van der Waals surface area contributed by atoms with Gasteiger partial charge in [-0.3, -0.25) is 0 Å². The van der Waals surface area contributed by atoms with Crippen LogP contribution in [0.3, 0.4) is 0 Å². The van der Waals surface area contributed by atoms with Crippen molar-refractivity contribution in [1.82, 2.24) is 5.32 Å². The Bertz CT molecular complexity index is 221. The van der Waals surface area contributed by atoms with Crippen molar-refractivity contribution in [2.75, 3.05) is 12.3 Å². The quantitative estimate of drug-likeness (QED) is 0.745. The molecule has 1 fully saturated rings. The van der Waals surface area contributed by atoms with E-state index in [1.54, 1.807) is 0 Å². The Morgan fingerprint density at radius 1 is 1.17 bits per heavy atom. The van der Waals surface area contributed by atoms with Gasteiger partial charge in [0, 0.05) is 27.5 Å². The van der Waals surface area contributed by atoms with Crippen LogP contribution in [0.25, 0.3) is 0 Å². The lowest BCUT2D eigenvalue weighted by atomic mass is 10.0. The smallest absolute Gasteiger partial charge is 0.0294 e. The van der Waals surface area contributed by atoms with Crippen LogP contribution in [0.2, 0.25) is 0 Å². The van der Waals surface area contributed by atoms with Crippen molar-refractivity contribution < 1.29 is 0 Å². The zero-order chi connectivity index (χ0) is 13.5. The first-order valence-electron chi connectivity index (χ1n) is 7.55. The lowest BCUT2D eigenvalue weighted by molar-refractivity contribution is 0.442. The van der Waals surface area contributed by atoms with E-state index in [1.165, 1.54) is 25.0 Å². The fraction of sp³-hybridized carbons (Fsp3) is 1.00. The van der Waals surface area contributed by atoms with E-state index in [0.29, 0.717) is 0 Å². The maximum Gasteiger partial charge on any atom is 0.0294 e. The van der Waals surface area contributed by atoms with Crippen LogP contribution in [-0.4, -0.2) is 34.1 Å². The summed E-state index contributed by atoms with van der Waals surface area (Å²) in [6.07, 6.45) is 4.10. The van der Waals surface area contributed by atoms with Gasteiger partial charge in [0.25, 0.3) is 0 Å². The SMILES string of the molecule is CCNC(CCCC(C)C)C1CSC(C)C(C)S1. The molecule has 1 rings (SSSR count). The molecule has 108 valence electrons. The van der Waals surface area contributed by atoms with Gasteiger partial charge < -0.3 is 5.32 Å². The van der Waals surface area contributed by atoms with Gasteiger partial charge in [0.15, 0.2) is 0 Å². The summed E-state index contributed by atoms with van der Waals surface area (Å²) < 4.78 is 0. The Balaban J connectivity index is 2.40. The minimum Gasteiger partial charge on any atom is -0.313 e. The standard InChI is InChI=1S/C15H31NS2/c1-6-16-14(9-7-8-11(2)3)15-10-17-12(4)13(5)18-15/h11-16H,6-10H2,1-5H3. The first kappa shape index (κ1) is 16.7. The zero-order valence-electron chi connectivity index (χ0n) is 12.7. The summed E-state index contributed by atoms with van der Waals surface area (Å²) >= 11 is 4.39. The summed E-state index contributed by atoms with van der Waals surface area (Å²) in [4.78, 5) is 0. The van der Waals surface area contributed by atoms with Crippen LogP contribution in [0.4, 0.5) is 0 Å². The molecule has 1 heterocycles. The maximum atomic E-state index is 3.73. The predicted molar refractivity (Wildman–Crippen MR) is 88.9 cm³/mol. The number of thioether (sulfide) groups is 2. The Kier molecular flexibility index (Phi) is 8.13. The highest BCUT2D eigenvalue weighted by atomic mass is 32.2. The molecule has 0 aromatic carbocycles. The molecule has 0 aliphatic carbocycles. The second kappa shape index (κ2) is 8.76. The van der Waals surface area contributed by atoms with E-state index >= 15 is 0 Å². The minimum atomic E-state index is 0.723. The van der Waals surface area contributed by atoms with Gasteiger partial charge in [-0.25, -0.2) is 0 Å². The van der Waals surface area contributed by atoms with E-state index in [-0.39, 0.29) is 0 Å². The molecule has 0 bridgehead atoms. The molecule has 0 aromatic heterocycles. The Hall–Kier alpha value is 0.660. The highest BCUT2D eigenvalue weighted by Crippen LogP contribution is 2.37. The van der Waals surface area contributed by atoms with Crippen LogP contribution in [-0.2, 0) is 0 Å². The van der Waals surface area contributed by atoms with Crippen molar-refractivity contribution in [3.63, 3.8) is 0 Å². The summed E-state index contributed by atoms with van der Waals surface area (Å²) in [6, 6.07) is 0.723. The molecule has 4 unspecified atom stereocenters.